The fraction of sp³-hybridized carbons (Fsp3) is 0.250. The summed E-state index contributed by atoms with van der Waals surface area (Å²) in [5.41, 5.74) is -0.129. The topological polar surface area (TPSA) is 52.0 Å². The van der Waals surface area contributed by atoms with Gasteiger partial charge >= 0.3 is 0 Å². The van der Waals surface area contributed by atoms with Gasteiger partial charge in [0, 0.05) is 25.2 Å². The van der Waals surface area contributed by atoms with Crippen molar-refractivity contribution in [2.75, 3.05) is 0 Å². The van der Waals surface area contributed by atoms with Gasteiger partial charge in [-0.05, 0) is 23.9 Å². The molecular weight excluding hydrogens is 236 g/mol. The molecule has 0 aliphatic heterocycles. The van der Waals surface area contributed by atoms with Gasteiger partial charge in [0.2, 0.25) is 0 Å². The molecule has 5 heteroatoms. The molecule has 2 aromatic rings. The summed E-state index contributed by atoms with van der Waals surface area (Å²) in [5, 5.41) is 5.82. The van der Waals surface area contributed by atoms with Crippen molar-refractivity contribution in [1.29, 1.82) is 0 Å². The highest BCUT2D eigenvalue weighted by Crippen LogP contribution is 2.12. The Labute approximate surface area is 103 Å². The Balaban J connectivity index is 1.87. The molecule has 0 saturated heterocycles. The van der Waals surface area contributed by atoms with E-state index in [1.54, 1.807) is 12.3 Å². The lowest BCUT2D eigenvalue weighted by molar-refractivity contribution is 0.0982. The lowest BCUT2D eigenvalue weighted by atomic mass is 10.2. The molecule has 0 N–H and O–H groups in total. The van der Waals surface area contributed by atoms with Crippen LogP contribution in [0.2, 0.25) is 0 Å². The van der Waals surface area contributed by atoms with Crippen LogP contribution < -0.4 is 5.56 Å². The van der Waals surface area contributed by atoms with E-state index in [1.165, 1.54) is 22.1 Å². The Morgan fingerprint density at radius 3 is 2.94 bits per heavy atom. The van der Waals surface area contributed by atoms with Crippen LogP contribution in [0.5, 0.6) is 0 Å². The Bertz CT molecular complexity index is 546. The number of Topliss-reactive ketones (excluding diaryl/α,β-unsaturated/α-hetero) is 1. The lowest BCUT2D eigenvalue weighted by Gasteiger charge is -2.02. The lowest BCUT2D eigenvalue weighted by Crippen LogP contribution is -2.21. The Morgan fingerprint density at radius 1 is 1.35 bits per heavy atom. The van der Waals surface area contributed by atoms with Gasteiger partial charge in [0.15, 0.2) is 5.78 Å². The van der Waals surface area contributed by atoms with Crippen LogP contribution in [0, 0.1) is 0 Å². The number of hydrogen-bond donors (Lipinski definition) is 0. The second-order valence-electron chi connectivity index (χ2n) is 3.59. The molecule has 0 unspecified atom stereocenters. The van der Waals surface area contributed by atoms with Crippen LogP contribution in [0.4, 0.5) is 0 Å². The molecule has 0 radical (unpaired) electrons. The van der Waals surface area contributed by atoms with E-state index in [9.17, 15) is 9.59 Å². The first-order valence-corrected chi connectivity index (χ1v) is 6.24. The number of rotatable bonds is 5. The highest BCUT2D eigenvalue weighted by Gasteiger charge is 2.06. The first-order valence-electron chi connectivity index (χ1n) is 5.36. The maximum absolute atomic E-state index is 11.7. The summed E-state index contributed by atoms with van der Waals surface area (Å²) in [4.78, 5) is 23.8. The third-order valence-corrected chi connectivity index (χ3v) is 3.27. The summed E-state index contributed by atoms with van der Waals surface area (Å²) in [6.45, 7) is 0.483. The third kappa shape index (κ3) is 3.10. The minimum absolute atomic E-state index is 0.129. The first-order chi connectivity index (χ1) is 8.27. The van der Waals surface area contributed by atoms with Crippen LogP contribution in [0.3, 0.4) is 0 Å². The SMILES string of the molecule is O=C(CCCn1ncccc1=O)c1cccs1. The van der Waals surface area contributed by atoms with E-state index in [0.29, 0.717) is 19.4 Å². The maximum Gasteiger partial charge on any atom is 0.266 e. The highest BCUT2D eigenvalue weighted by molar-refractivity contribution is 7.12. The molecule has 88 valence electrons. The average Bonchev–Trinajstić information content (AvgIpc) is 2.85. The van der Waals surface area contributed by atoms with Gasteiger partial charge in [0.05, 0.1) is 4.88 Å². The van der Waals surface area contributed by atoms with Gasteiger partial charge in [0.1, 0.15) is 0 Å². The van der Waals surface area contributed by atoms with E-state index in [1.807, 2.05) is 17.5 Å². The standard InChI is InChI=1S/C12H12N2O2S/c15-10(11-5-3-9-17-11)4-2-8-14-12(16)6-1-7-13-14/h1,3,5-7,9H,2,4,8H2. The number of carbonyl (C=O) groups is 1. The highest BCUT2D eigenvalue weighted by atomic mass is 32.1. The molecule has 0 saturated carbocycles. The minimum atomic E-state index is -0.129. The summed E-state index contributed by atoms with van der Waals surface area (Å²) >= 11 is 1.45. The van der Waals surface area contributed by atoms with Crippen molar-refractivity contribution in [2.45, 2.75) is 19.4 Å². The van der Waals surface area contributed by atoms with Gasteiger partial charge < -0.3 is 0 Å². The quantitative estimate of drug-likeness (QED) is 0.760. The van der Waals surface area contributed by atoms with Crippen molar-refractivity contribution < 1.29 is 4.79 Å². The molecule has 2 aromatic heterocycles. The van der Waals surface area contributed by atoms with Crippen LogP contribution in [0.1, 0.15) is 22.5 Å². The molecule has 0 aliphatic rings. The summed E-state index contributed by atoms with van der Waals surface area (Å²) in [6, 6.07) is 6.75. The molecule has 2 heterocycles. The summed E-state index contributed by atoms with van der Waals surface area (Å²) in [7, 11) is 0. The number of thiophene rings is 1. The van der Waals surface area contributed by atoms with Crippen LogP contribution in [-0.4, -0.2) is 15.6 Å². The van der Waals surface area contributed by atoms with E-state index in [4.69, 9.17) is 0 Å². The fourth-order valence-corrected chi connectivity index (χ4v) is 2.20. The van der Waals surface area contributed by atoms with Gasteiger partial charge in [-0.2, -0.15) is 5.10 Å². The molecule has 17 heavy (non-hydrogen) atoms. The number of aromatic nitrogens is 2. The van der Waals surface area contributed by atoms with Gasteiger partial charge in [-0.25, -0.2) is 4.68 Å². The van der Waals surface area contributed by atoms with Gasteiger partial charge in [0.25, 0.3) is 5.56 Å². The number of aryl methyl sites for hydroxylation is 1. The molecule has 2 rings (SSSR count). The van der Waals surface area contributed by atoms with Crippen LogP contribution in [0.25, 0.3) is 0 Å². The van der Waals surface area contributed by atoms with E-state index >= 15 is 0 Å². The molecule has 0 bridgehead atoms. The average molecular weight is 248 g/mol. The summed E-state index contributed by atoms with van der Waals surface area (Å²) < 4.78 is 1.38. The molecule has 0 amide bonds. The number of nitrogens with zero attached hydrogens (tertiary/aromatic N) is 2. The second-order valence-corrected chi connectivity index (χ2v) is 4.54. The first kappa shape index (κ1) is 11.7. The van der Waals surface area contributed by atoms with E-state index in [-0.39, 0.29) is 11.3 Å². The molecule has 0 fully saturated rings. The Kier molecular flexibility index (Phi) is 3.82. The number of hydrogen-bond acceptors (Lipinski definition) is 4. The zero-order valence-electron chi connectivity index (χ0n) is 9.20. The predicted molar refractivity (Wildman–Crippen MR) is 66.4 cm³/mol. The molecule has 0 aliphatic carbocycles. The number of carbonyl (C=O) groups excluding carboxylic acids is 1. The van der Waals surface area contributed by atoms with Crippen molar-refractivity contribution in [2.24, 2.45) is 0 Å². The van der Waals surface area contributed by atoms with E-state index in [2.05, 4.69) is 5.10 Å². The Morgan fingerprint density at radius 2 is 2.24 bits per heavy atom. The second kappa shape index (κ2) is 5.54. The molecule has 0 spiro atoms. The monoisotopic (exact) mass is 248 g/mol. The zero-order chi connectivity index (χ0) is 12.1. The minimum Gasteiger partial charge on any atom is -0.293 e. The van der Waals surface area contributed by atoms with Crippen molar-refractivity contribution in [1.82, 2.24) is 9.78 Å². The molecule has 4 nitrogen and oxygen atoms in total. The largest absolute Gasteiger partial charge is 0.293 e. The van der Waals surface area contributed by atoms with Crippen LogP contribution in [-0.2, 0) is 6.54 Å². The Hall–Kier alpha value is -1.75. The molecule has 0 aromatic carbocycles. The normalized spacial score (nSPS) is 10.4. The third-order valence-electron chi connectivity index (χ3n) is 2.36. The smallest absolute Gasteiger partial charge is 0.266 e. The summed E-state index contributed by atoms with van der Waals surface area (Å²) in [6.07, 6.45) is 2.65. The molecule has 0 atom stereocenters. The van der Waals surface area contributed by atoms with Crippen molar-refractivity contribution in [3.63, 3.8) is 0 Å². The molecular formula is C12H12N2O2S. The fourth-order valence-electron chi connectivity index (χ4n) is 1.50. The van der Waals surface area contributed by atoms with Gasteiger partial charge in [-0.3, -0.25) is 9.59 Å². The van der Waals surface area contributed by atoms with Crippen molar-refractivity contribution in [3.05, 3.63) is 51.1 Å². The van der Waals surface area contributed by atoms with E-state index in [0.717, 1.165) is 4.88 Å². The predicted octanol–water partition coefficient (Wildman–Crippen LogP) is 1.97. The summed E-state index contributed by atoms with van der Waals surface area (Å²) in [5.74, 6) is 0.129. The van der Waals surface area contributed by atoms with Crippen molar-refractivity contribution >= 4 is 17.1 Å². The maximum atomic E-state index is 11.7. The van der Waals surface area contributed by atoms with Crippen LogP contribution in [0.15, 0.2) is 40.6 Å². The van der Waals surface area contributed by atoms with Crippen LogP contribution >= 0.6 is 11.3 Å². The zero-order valence-corrected chi connectivity index (χ0v) is 10.0. The number of ketones is 1. The van der Waals surface area contributed by atoms with Gasteiger partial charge in [-0.15, -0.1) is 11.3 Å². The van der Waals surface area contributed by atoms with E-state index < -0.39 is 0 Å². The van der Waals surface area contributed by atoms with Crippen molar-refractivity contribution in [3.8, 4) is 0 Å². The van der Waals surface area contributed by atoms with Gasteiger partial charge in [-0.1, -0.05) is 6.07 Å².